The van der Waals surface area contributed by atoms with Gasteiger partial charge in [0.25, 0.3) is 5.56 Å². The van der Waals surface area contributed by atoms with Crippen LogP contribution in [0.4, 0.5) is 0 Å². The van der Waals surface area contributed by atoms with Gasteiger partial charge in [0.2, 0.25) is 5.91 Å². The number of aryl methyl sites for hydroxylation is 1. The predicted octanol–water partition coefficient (Wildman–Crippen LogP) is 2.22. The van der Waals surface area contributed by atoms with Gasteiger partial charge in [0.15, 0.2) is 0 Å². The molecule has 0 saturated heterocycles. The number of para-hydroxylation sites is 1. The van der Waals surface area contributed by atoms with E-state index in [-0.39, 0.29) is 18.0 Å². The van der Waals surface area contributed by atoms with Crippen molar-refractivity contribution in [3.05, 3.63) is 64.6 Å². The van der Waals surface area contributed by atoms with Crippen LogP contribution in [0.3, 0.4) is 0 Å². The van der Waals surface area contributed by atoms with Gasteiger partial charge in [-0.25, -0.2) is 4.68 Å². The number of carbonyl (C=O) groups excluding carboxylic acids is 1. The highest BCUT2D eigenvalue weighted by molar-refractivity contribution is 6.07. The summed E-state index contributed by atoms with van der Waals surface area (Å²) < 4.78 is 13.6. The molecule has 30 heavy (non-hydrogen) atoms. The van der Waals surface area contributed by atoms with Crippen LogP contribution in [0, 0.1) is 0 Å². The number of aromatic nitrogens is 3. The maximum atomic E-state index is 12.8. The van der Waals surface area contributed by atoms with E-state index in [0.717, 1.165) is 21.9 Å². The largest absolute Gasteiger partial charge is 0.497 e. The molecule has 0 bridgehead atoms. The standard InChI is InChI=1S/C22H22N4O4/c1-25-22(28)21-17(12-24-25)16-6-4-5-7-18(16)26(21)13-20(27)23-11-14-8-9-15(29-2)10-19(14)30-3/h4-10,12H,11,13H2,1-3H3,(H,23,27). The van der Waals surface area contributed by atoms with Crippen LogP contribution in [0.15, 0.2) is 53.5 Å². The average Bonchev–Trinajstić information content (AvgIpc) is 3.08. The molecule has 0 aliphatic heterocycles. The molecular weight excluding hydrogens is 384 g/mol. The number of benzene rings is 2. The van der Waals surface area contributed by atoms with Crippen LogP contribution in [0.25, 0.3) is 21.8 Å². The molecule has 4 aromatic rings. The maximum Gasteiger partial charge on any atom is 0.291 e. The number of hydrogen-bond acceptors (Lipinski definition) is 5. The van der Waals surface area contributed by atoms with E-state index in [2.05, 4.69) is 10.4 Å². The minimum atomic E-state index is -0.242. The molecule has 0 aliphatic carbocycles. The first-order valence-corrected chi connectivity index (χ1v) is 9.44. The summed E-state index contributed by atoms with van der Waals surface area (Å²) in [5, 5.41) is 8.66. The van der Waals surface area contributed by atoms with Crippen molar-refractivity contribution in [2.45, 2.75) is 13.1 Å². The molecule has 2 aromatic carbocycles. The van der Waals surface area contributed by atoms with E-state index in [1.54, 1.807) is 38.1 Å². The van der Waals surface area contributed by atoms with Gasteiger partial charge in [-0.3, -0.25) is 9.59 Å². The van der Waals surface area contributed by atoms with Crippen molar-refractivity contribution in [3.63, 3.8) is 0 Å². The number of hydrogen-bond donors (Lipinski definition) is 1. The first-order chi connectivity index (χ1) is 14.5. The molecule has 0 spiro atoms. The highest BCUT2D eigenvalue weighted by Gasteiger charge is 2.17. The predicted molar refractivity (Wildman–Crippen MR) is 114 cm³/mol. The molecule has 0 unspecified atom stereocenters. The first-order valence-electron chi connectivity index (χ1n) is 9.44. The summed E-state index contributed by atoms with van der Waals surface area (Å²) in [6.45, 7) is 0.310. The Hall–Kier alpha value is -3.81. The van der Waals surface area contributed by atoms with Crippen LogP contribution in [-0.4, -0.2) is 34.5 Å². The Kier molecular flexibility index (Phi) is 5.14. The maximum absolute atomic E-state index is 12.8. The molecule has 1 amide bonds. The van der Waals surface area contributed by atoms with Gasteiger partial charge in [0.05, 0.1) is 20.4 Å². The molecule has 0 aliphatic rings. The molecule has 0 saturated carbocycles. The molecular formula is C22H22N4O4. The lowest BCUT2D eigenvalue weighted by atomic mass is 10.2. The van der Waals surface area contributed by atoms with E-state index in [4.69, 9.17) is 9.47 Å². The number of fused-ring (bicyclic) bond motifs is 3. The molecule has 0 fully saturated rings. The number of amides is 1. The number of nitrogens with one attached hydrogen (secondary N) is 1. The summed E-state index contributed by atoms with van der Waals surface area (Å²) in [5.41, 5.74) is 1.86. The van der Waals surface area contributed by atoms with E-state index in [1.165, 1.54) is 4.68 Å². The van der Waals surface area contributed by atoms with Crippen LogP contribution in [-0.2, 0) is 24.9 Å². The Morgan fingerprint density at radius 3 is 2.67 bits per heavy atom. The third-order valence-corrected chi connectivity index (χ3v) is 5.14. The Bertz CT molecular complexity index is 1310. The van der Waals surface area contributed by atoms with E-state index < -0.39 is 0 Å². The summed E-state index contributed by atoms with van der Waals surface area (Å²) in [7, 11) is 4.75. The SMILES string of the molecule is COc1ccc(CNC(=O)Cn2c3ccccc3c3cnn(C)c(=O)c32)c(OC)c1. The van der Waals surface area contributed by atoms with Gasteiger partial charge in [0.1, 0.15) is 23.6 Å². The molecule has 0 radical (unpaired) electrons. The van der Waals surface area contributed by atoms with Crippen LogP contribution in [0.5, 0.6) is 11.5 Å². The van der Waals surface area contributed by atoms with Gasteiger partial charge in [-0.2, -0.15) is 5.10 Å². The summed E-state index contributed by atoms with van der Waals surface area (Å²) in [5.74, 6) is 1.09. The molecule has 2 heterocycles. The van der Waals surface area contributed by atoms with Crippen molar-refractivity contribution in [1.82, 2.24) is 19.7 Å². The lowest BCUT2D eigenvalue weighted by Gasteiger charge is -2.12. The van der Waals surface area contributed by atoms with Crippen molar-refractivity contribution in [3.8, 4) is 11.5 Å². The molecule has 4 rings (SSSR count). The third-order valence-electron chi connectivity index (χ3n) is 5.14. The van der Waals surface area contributed by atoms with Crippen molar-refractivity contribution in [2.75, 3.05) is 14.2 Å². The van der Waals surface area contributed by atoms with Crippen molar-refractivity contribution in [1.29, 1.82) is 0 Å². The lowest BCUT2D eigenvalue weighted by molar-refractivity contribution is -0.121. The molecule has 154 valence electrons. The second kappa shape index (κ2) is 7.90. The Morgan fingerprint density at radius 2 is 1.90 bits per heavy atom. The third kappa shape index (κ3) is 3.36. The molecule has 2 aromatic heterocycles. The van der Waals surface area contributed by atoms with Crippen LogP contribution >= 0.6 is 0 Å². The molecule has 1 N–H and O–H groups in total. The van der Waals surface area contributed by atoms with E-state index in [0.29, 0.717) is 23.6 Å². The molecule has 8 nitrogen and oxygen atoms in total. The Morgan fingerprint density at radius 1 is 1.10 bits per heavy atom. The fourth-order valence-corrected chi connectivity index (χ4v) is 3.60. The van der Waals surface area contributed by atoms with Gasteiger partial charge >= 0.3 is 0 Å². The monoisotopic (exact) mass is 406 g/mol. The zero-order valence-corrected chi connectivity index (χ0v) is 17.0. The second-order valence-corrected chi connectivity index (χ2v) is 6.89. The van der Waals surface area contributed by atoms with E-state index in [1.807, 2.05) is 36.4 Å². The number of ether oxygens (including phenoxy) is 2. The van der Waals surface area contributed by atoms with Crippen molar-refractivity contribution >= 4 is 27.7 Å². The second-order valence-electron chi connectivity index (χ2n) is 6.89. The average molecular weight is 406 g/mol. The summed E-state index contributed by atoms with van der Waals surface area (Å²) in [6.07, 6.45) is 1.66. The van der Waals surface area contributed by atoms with E-state index in [9.17, 15) is 9.59 Å². The fourth-order valence-electron chi connectivity index (χ4n) is 3.60. The quantitative estimate of drug-likeness (QED) is 0.531. The lowest BCUT2D eigenvalue weighted by Crippen LogP contribution is -2.29. The van der Waals surface area contributed by atoms with Gasteiger partial charge < -0.3 is 19.4 Å². The molecule has 0 atom stereocenters. The van der Waals surface area contributed by atoms with Crippen LogP contribution in [0.2, 0.25) is 0 Å². The Balaban J connectivity index is 1.64. The minimum absolute atomic E-state index is 0.0156. The normalized spacial score (nSPS) is 11.0. The first kappa shape index (κ1) is 19.5. The molecule has 8 heteroatoms. The number of nitrogens with zero attached hydrogens (tertiary/aromatic N) is 3. The van der Waals surface area contributed by atoms with Gasteiger partial charge in [0, 0.05) is 41.5 Å². The number of carbonyl (C=O) groups is 1. The zero-order chi connectivity index (χ0) is 21.3. The fraction of sp³-hybridized carbons (Fsp3) is 0.227. The zero-order valence-electron chi connectivity index (χ0n) is 17.0. The highest BCUT2D eigenvalue weighted by Crippen LogP contribution is 2.26. The van der Waals surface area contributed by atoms with Crippen LogP contribution in [0.1, 0.15) is 5.56 Å². The van der Waals surface area contributed by atoms with Crippen molar-refractivity contribution in [2.24, 2.45) is 7.05 Å². The van der Waals surface area contributed by atoms with Crippen LogP contribution < -0.4 is 20.3 Å². The number of methoxy groups -OCH3 is 2. The highest BCUT2D eigenvalue weighted by atomic mass is 16.5. The van der Waals surface area contributed by atoms with Crippen molar-refractivity contribution < 1.29 is 14.3 Å². The topological polar surface area (TPSA) is 87.4 Å². The summed E-state index contributed by atoms with van der Waals surface area (Å²) in [6, 6.07) is 13.0. The number of rotatable bonds is 6. The summed E-state index contributed by atoms with van der Waals surface area (Å²) >= 11 is 0. The Labute approximate surface area is 172 Å². The minimum Gasteiger partial charge on any atom is -0.497 e. The summed E-state index contributed by atoms with van der Waals surface area (Å²) in [4.78, 5) is 25.5. The van der Waals surface area contributed by atoms with Gasteiger partial charge in [-0.05, 0) is 18.2 Å². The van der Waals surface area contributed by atoms with Gasteiger partial charge in [-0.1, -0.05) is 18.2 Å². The smallest absolute Gasteiger partial charge is 0.291 e. The van der Waals surface area contributed by atoms with Gasteiger partial charge in [-0.15, -0.1) is 0 Å². The van der Waals surface area contributed by atoms with E-state index >= 15 is 0 Å².